The highest BCUT2D eigenvalue weighted by Gasteiger charge is 2.37. The normalized spacial score (nSPS) is 16.8. The number of hydrogen-bond donors (Lipinski definition) is 2. The van der Waals surface area contributed by atoms with Gasteiger partial charge >= 0.3 is 0 Å². The predicted octanol–water partition coefficient (Wildman–Crippen LogP) is 3.59. The summed E-state index contributed by atoms with van der Waals surface area (Å²) in [5, 5.41) is 2.82. The Morgan fingerprint density at radius 2 is 1.95 bits per heavy atom. The molecule has 0 aromatic heterocycles. The fourth-order valence-corrected chi connectivity index (χ4v) is 2.87. The Kier molecular flexibility index (Phi) is 4.33. The van der Waals surface area contributed by atoms with Crippen molar-refractivity contribution in [3.05, 3.63) is 28.0 Å². The van der Waals surface area contributed by atoms with E-state index in [1.807, 2.05) is 0 Å². The SMILES string of the molecule is NCC1(CC(=O)Nc2c(Cl)cc(F)cc2Cl)CCC1. The van der Waals surface area contributed by atoms with E-state index in [-0.39, 0.29) is 27.1 Å². The van der Waals surface area contributed by atoms with E-state index in [9.17, 15) is 9.18 Å². The van der Waals surface area contributed by atoms with Crippen molar-refractivity contribution >= 4 is 34.8 Å². The summed E-state index contributed by atoms with van der Waals surface area (Å²) in [6, 6.07) is 2.23. The first-order chi connectivity index (χ1) is 8.96. The van der Waals surface area contributed by atoms with E-state index in [0.717, 1.165) is 31.4 Å². The van der Waals surface area contributed by atoms with Crippen LogP contribution in [0.2, 0.25) is 10.0 Å². The Hall–Kier alpha value is -0.840. The van der Waals surface area contributed by atoms with Crippen molar-refractivity contribution in [1.29, 1.82) is 0 Å². The standard InChI is InChI=1S/C13H15Cl2FN2O/c14-9-4-8(16)5-10(15)12(9)18-11(19)6-13(7-17)2-1-3-13/h4-5H,1-3,6-7,17H2,(H,18,19). The van der Waals surface area contributed by atoms with E-state index in [0.29, 0.717) is 13.0 Å². The van der Waals surface area contributed by atoms with Crippen LogP contribution in [-0.4, -0.2) is 12.5 Å². The largest absolute Gasteiger partial charge is 0.330 e. The molecule has 19 heavy (non-hydrogen) atoms. The van der Waals surface area contributed by atoms with Gasteiger partial charge in [0.1, 0.15) is 5.82 Å². The quantitative estimate of drug-likeness (QED) is 0.893. The van der Waals surface area contributed by atoms with Crippen molar-refractivity contribution in [3.63, 3.8) is 0 Å². The Morgan fingerprint density at radius 1 is 1.37 bits per heavy atom. The molecule has 0 saturated heterocycles. The maximum absolute atomic E-state index is 13.0. The molecule has 0 spiro atoms. The minimum Gasteiger partial charge on any atom is -0.330 e. The molecule has 104 valence electrons. The Morgan fingerprint density at radius 3 is 2.37 bits per heavy atom. The third-order valence-electron chi connectivity index (χ3n) is 3.65. The van der Waals surface area contributed by atoms with Gasteiger partial charge in [0.05, 0.1) is 15.7 Å². The highest BCUT2D eigenvalue weighted by Crippen LogP contribution is 2.43. The van der Waals surface area contributed by atoms with Crippen LogP contribution in [0.1, 0.15) is 25.7 Å². The van der Waals surface area contributed by atoms with Crippen molar-refractivity contribution < 1.29 is 9.18 Å². The number of hydrogen-bond acceptors (Lipinski definition) is 2. The maximum atomic E-state index is 13.0. The summed E-state index contributed by atoms with van der Waals surface area (Å²) in [7, 11) is 0. The molecule has 1 aliphatic rings. The Bertz CT molecular complexity index is 475. The first-order valence-electron chi connectivity index (χ1n) is 6.10. The Balaban J connectivity index is 2.07. The number of rotatable bonds is 4. The van der Waals surface area contributed by atoms with E-state index in [4.69, 9.17) is 28.9 Å². The van der Waals surface area contributed by atoms with E-state index >= 15 is 0 Å². The summed E-state index contributed by atoms with van der Waals surface area (Å²) >= 11 is 11.7. The van der Waals surface area contributed by atoms with Gasteiger partial charge in [-0.05, 0) is 36.9 Å². The van der Waals surface area contributed by atoms with Crippen molar-refractivity contribution in [3.8, 4) is 0 Å². The van der Waals surface area contributed by atoms with Gasteiger partial charge in [-0.15, -0.1) is 0 Å². The van der Waals surface area contributed by atoms with Crippen LogP contribution in [0.25, 0.3) is 0 Å². The number of nitrogens with two attached hydrogens (primary N) is 1. The number of nitrogens with one attached hydrogen (secondary N) is 1. The molecule has 1 aliphatic carbocycles. The maximum Gasteiger partial charge on any atom is 0.225 e. The van der Waals surface area contributed by atoms with E-state index < -0.39 is 5.82 Å². The van der Waals surface area contributed by atoms with Gasteiger partial charge in [-0.3, -0.25) is 4.79 Å². The third kappa shape index (κ3) is 3.19. The average Bonchev–Trinajstić information content (AvgIpc) is 2.28. The van der Waals surface area contributed by atoms with Gasteiger partial charge in [-0.2, -0.15) is 0 Å². The average molecular weight is 305 g/mol. The lowest BCUT2D eigenvalue weighted by Gasteiger charge is -2.40. The zero-order valence-corrected chi connectivity index (χ0v) is 11.8. The lowest BCUT2D eigenvalue weighted by Crippen LogP contribution is -2.40. The van der Waals surface area contributed by atoms with Gasteiger partial charge in [0.25, 0.3) is 0 Å². The summed E-state index contributed by atoms with van der Waals surface area (Å²) in [6.07, 6.45) is 3.36. The van der Waals surface area contributed by atoms with Gasteiger partial charge in [0, 0.05) is 6.42 Å². The smallest absolute Gasteiger partial charge is 0.225 e. The predicted molar refractivity (Wildman–Crippen MR) is 75.0 cm³/mol. The molecule has 1 aromatic carbocycles. The molecular formula is C13H15Cl2FN2O. The molecule has 0 aliphatic heterocycles. The fourth-order valence-electron chi connectivity index (χ4n) is 2.32. The number of benzene rings is 1. The molecule has 1 fully saturated rings. The zero-order chi connectivity index (χ0) is 14.0. The highest BCUT2D eigenvalue weighted by atomic mass is 35.5. The second kappa shape index (κ2) is 5.65. The molecule has 0 heterocycles. The first-order valence-corrected chi connectivity index (χ1v) is 6.86. The van der Waals surface area contributed by atoms with Crippen LogP contribution < -0.4 is 11.1 Å². The molecule has 0 radical (unpaired) electrons. The van der Waals surface area contributed by atoms with Crippen LogP contribution in [0.5, 0.6) is 0 Å². The zero-order valence-electron chi connectivity index (χ0n) is 10.3. The van der Waals surface area contributed by atoms with Crippen LogP contribution in [0.3, 0.4) is 0 Å². The number of carbonyl (C=O) groups excluding carboxylic acids is 1. The van der Waals surface area contributed by atoms with Crippen LogP contribution in [0.15, 0.2) is 12.1 Å². The molecule has 0 atom stereocenters. The fraction of sp³-hybridized carbons (Fsp3) is 0.462. The van der Waals surface area contributed by atoms with Gasteiger partial charge in [0.15, 0.2) is 0 Å². The van der Waals surface area contributed by atoms with Crippen molar-refractivity contribution in [2.75, 3.05) is 11.9 Å². The summed E-state index contributed by atoms with van der Waals surface area (Å²) in [4.78, 5) is 12.0. The Labute approximate surface area is 121 Å². The summed E-state index contributed by atoms with van der Waals surface area (Å²) in [6.45, 7) is 0.491. The molecule has 2 rings (SSSR count). The van der Waals surface area contributed by atoms with Crippen LogP contribution in [0, 0.1) is 11.2 Å². The van der Waals surface area contributed by atoms with Crippen LogP contribution in [0.4, 0.5) is 10.1 Å². The van der Waals surface area contributed by atoms with Crippen molar-refractivity contribution in [2.45, 2.75) is 25.7 Å². The first kappa shape index (κ1) is 14.6. The molecule has 0 unspecified atom stereocenters. The number of halogens is 3. The van der Waals surface area contributed by atoms with Crippen LogP contribution in [-0.2, 0) is 4.79 Å². The molecule has 3 nitrogen and oxygen atoms in total. The number of carbonyl (C=O) groups is 1. The molecule has 1 amide bonds. The highest BCUT2D eigenvalue weighted by molar-refractivity contribution is 6.39. The molecular weight excluding hydrogens is 290 g/mol. The van der Waals surface area contributed by atoms with Gasteiger partial charge in [-0.25, -0.2) is 4.39 Å². The van der Waals surface area contributed by atoms with Crippen LogP contribution >= 0.6 is 23.2 Å². The summed E-state index contributed by atoms with van der Waals surface area (Å²) in [5.41, 5.74) is 5.87. The minimum absolute atomic E-state index is 0.0914. The molecule has 3 N–H and O–H groups in total. The van der Waals surface area contributed by atoms with Crippen molar-refractivity contribution in [2.24, 2.45) is 11.1 Å². The molecule has 6 heteroatoms. The van der Waals surface area contributed by atoms with E-state index in [2.05, 4.69) is 5.32 Å². The number of amides is 1. The van der Waals surface area contributed by atoms with E-state index in [1.54, 1.807) is 0 Å². The topological polar surface area (TPSA) is 55.1 Å². The van der Waals surface area contributed by atoms with Gasteiger partial charge in [-0.1, -0.05) is 29.6 Å². The second-order valence-corrected chi connectivity index (χ2v) is 5.84. The molecule has 1 aromatic rings. The van der Waals surface area contributed by atoms with Crippen molar-refractivity contribution in [1.82, 2.24) is 0 Å². The summed E-state index contributed by atoms with van der Waals surface area (Å²) < 4.78 is 13.0. The molecule has 1 saturated carbocycles. The van der Waals surface area contributed by atoms with Gasteiger partial charge < -0.3 is 11.1 Å². The molecule has 0 bridgehead atoms. The van der Waals surface area contributed by atoms with Gasteiger partial charge in [0.2, 0.25) is 5.91 Å². The minimum atomic E-state index is -0.537. The lowest BCUT2D eigenvalue weighted by molar-refractivity contribution is -0.119. The second-order valence-electron chi connectivity index (χ2n) is 5.03. The monoisotopic (exact) mass is 304 g/mol. The van der Waals surface area contributed by atoms with E-state index in [1.165, 1.54) is 0 Å². The number of anilines is 1. The summed E-state index contributed by atoms with van der Waals surface area (Å²) in [5.74, 6) is -0.731. The third-order valence-corrected chi connectivity index (χ3v) is 4.25. The lowest BCUT2D eigenvalue weighted by atomic mass is 9.66.